The van der Waals surface area contributed by atoms with Gasteiger partial charge in [0.25, 0.3) is 0 Å². The van der Waals surface area contributed by atoms with Crippen LogP contribution in [0, 0.1) is 26.7 Å². The SMILES string of the molecule is CCOC(=O)OC1=C(c2c(C)cc(C)cc2C)C(=O)OC1CC1CCN(OC)CC1. The van der Waals surface area contributed by atoms with Crippen molar-refractivity contribution < 1.29 is 28.6 Å². The minimum atomic E-state index is -0.815. The molecule has 1 aromatic carbocycles. The molecule has 2 heterocycles. The van der Waals surface area contributed by atoms with Crippen LogP contribution in [0.1, 0.15) is 48.4 Å². The van der Waals surface area contributed by atoms with E-state index >= 15 is 0 Å². The van der Waals surface area contributed by atoms with E-state index in [2.05, 4.69) is 0 Å². The molecule has 0 bridgehead atoms. The summed E-state index contributed by atoms with van der Waals surface area (Å²) in [5, 5.41) is 1.92. The Morgan fingerprint density at radius 3 is 2.37 bits per heavy atom. The Hall–Kier alpha value is -2.38. The van der Waals surface area contributed by atoms with Crippen LogP contribution in [-0.2, 0) is 23.8 Å². The highest BCUT2D eigenvalue weighted by Crippen LogP contribution is 2.39. The monoisotopic (exact) mass is 417 g/mol. The number of carbonyl (C=O) groups excluding carboxylic acids is 2. The summed E-state index contributed by atoms with van der Waals surface area (Å²) >= 11 is 0. The molecule has 0 spiro atoms. The normalized spacial score (nSPS) is 20.4. The predicted molar refractivity (Wildman–Crippen MR) is 111 cm³/mol. The lowest BCUT2D eigenvalue weighted by Gasteiger charge is -2.31. The second-order valence-electron chi connectivity index (χ2n) is 7.98. The van der Waals surface area contributed by atoms with E-state index in [0.29, 0.717) is 17.9 Å². The molecule has 0 aliphatic carbocycles. The maximum Gasteiger partial charge on any atom is 0.513 e. The third-order valence-corrected chi connectivity index (χ3v) is 5.75. The van der Waals surface area contributed by atoms with E-state index in [9.17, 15) is 9.59 Å². The fraction of sp³-hybridized carbons (Fsp3) is 0.565. The van der Waals surface area contributed by atoms with Crippen LogP contribution < -0.4 is 0 Å². The van der Waals surface area contributed by atoms with E-state index in [4.69, 9.17) is 19.0 Å². The minimum Gasteiger partial charge on any atom is -0.450 e. The fourth-order valence-electron chi connectivity index (χ4n) is 4.44. The number of ether oxygens (including phenoxy) is 3. The van der Waals surface area contributed by atoms with E-state index in [1.807, 2.05) is 38.0 Å². The number of nitrogens with zero attached hydrogens (tertiary/aromatic N) is 1. The predicted octanol–water partition coefficient (Wildman–Crippen LogP) is 4.08. The number of carbonyl (C=O) groups is 2. The van der Waals surface area contributed by atoms with Crippen LogP contribution >= 0.6 is 0 Å². The van der Waals surface area contributed by atoms with Crippen molar-refractivity contribution in [1.29, 1.82) is 0 Å². The van der Waals surface area contributed by atoms with Gasteiger partial charge in [0.05, 0.1) is 13.7 Å². The first kappa shape index (κ1) is 22.3. The molecular weight excluding hydrogens is 386 g/mol. The molecule has 1 fully saturated rings. The first-order chi connectivity index (χ1) is 14.3. The maximum absolute atomic E-state index is 12.9. The van der Waals surface area contributed by atoms with E-state index in [1.165, 1.54) is 0 Å². The lowest BCUT2D eigenvalue weighted by Crippen LogP contribution is -2.34. The number of hydrogen-bond acceptors (Lipinski definition) is 7. The smallest absolute Gasteiger partial charge is 0.450 e. The van der Waals surface area contributed by atoms with Crippen molar-refractivity contribution in [3.05, 3.63) is 40.1 Å². The summed E-state index contributed by atoms with van der Waals surface area (Å²) < 4.78 is 16.3. The highest BCUT2D eigenvalue weighted by atomic mass is 16.7. The summed E-state index contributed by atoms with van der Waals surface area (Å²) in [6.07, 6.45) is 1.03. The number of benzene rings is 1. The van der Waals surface area contributed by atoms with Gasteiger partial charge < -0.3 is 19.0 Å². The Balaban J connectivity index is 1.94. The second-order valence-corrected chi connectivity index (χ2v) is 7.98. The average molecular weight is 418 g/mol. The van der Waals surface area contributed by atoms with E-state index in [-0.39, 0.29) is 12.4 Å². The van der Waals surface area contributed by atoms with Gasteiger partial charge in [0.2, 0.25) is 0 Å². The third-order valence-electron chi connectivity index (χ3n) is 5.75. The lowest BCUT2D eigenvalue weighted by atomic mass is 9.89. The molecule has 1 aromatic rings. The van der Waals surface area contributed by atoms with Gasteiger partial charge in [0.15, 0.2) is 11.9 Å². The standard InChI is InChI=1S/C23H31NO6/c1-6-28-23(26)30-21-18(13-17-7-9-24(27-5)10-8-17)29-22(25)20(21)19-15(3)11-14(2)12-16(19)4/h11-12,17-18H,6-10,13H2,1-5H3. The van der Waals surface area contributed by atoms with Crippen molar-refractivity contribution >= 4 is 17.7 Å². The molecule has 7 heteroatoms. The summed E-state index contributed by atoms with van der Waals surface area (Å²) in [4.78, 5) is 30.4. The Labute approximate surface area is 177 Å². The maximum atomic E-state index is 12.9. The average Bonchev–Trinajstić information content (AvgIpc) is 2.97. The molecule has 3 rings (SSSR count). The Bertz CT molecular complexity index is 815. The molecule has 0 saturated carbocycles. The minimum absolute atomic E-state index is 0.193. The molecule has 164 valence electrons. The highest BCUT2D eigenvalue weighted by Gasteiger charge is 2.41. The molecule has 0 radical (unpaired) electrons. The number of hydrogen-bond donors (Lipinski definition) is 0. The quantitative estimate of drug-likeness (QED) is 0.646. The number of esters is 1. The number of rotatable bonds is 6. The topological polar surface area (TPSA) is 74.3 Å². The van der Waals surface area contributed by atoms with E-state index in [0.717, 1.165) is 48.2 Å². The van der Waals surface area contributed by atoms with Crippen LogP contribution in [0.25, 0.3) is 5.57 Å². The van der Waals surface area contributed by atoms with Crippen molar-refractivity contribution in [3.8, 4) is 0 Å². The van der Waals surface area contributed by atoms with Crippen LogP contribution in [0.3, 0.4) is 0 Å². The summed E-state index contributed by atoms with van der Waals surface area (Å²) in [6.45, 7) is 9.46. The van der Waals surface area contributed by atoms with Crippen LogP contribution in [0.4, 0.5) is 4.79 Å². The lowest BCUT2D eigenvalue weighted by molar-refractivity contribution is -0.151. The second kappa shape index (κ2) is 9.62. The van der Waals surface area contributed by atoms with Gasteiger partial charge in [-0.3, -0.25) is 0 Å². The van der Waals surface area contributed by atoms with Crippen molar-refractivity contribution in [2.24, 2.45) is 5.92 Å². The zero-order valence-electron chi connectivity index (χ0n) is 18.4. The van der Waals surface area contributed by atoms with E-state index < -0.39 is 18.2 Å². The molecule has 2 aliphatic rings. The van der Waals surface area contributed by atoms with Gasteiger partial charge in [-0.05, 0) is 69.6 Å². The van der Waals surface area contributed by atoms with Crippen molar-refractivity contribution in [2.75, 3.05) is 26.8 Å². The number of aryl methyl sites for hydroxylation is 3. The van der Waals surface area contributed by atoms with Gasteiger partial charge >= 0.3 is 12.1 Å². The van der Waals surface area contributed by atoms with Gasteiger partial charge in [-0.25, -0.2) is 9.59 Å². The van der Waals surface area contributed by atoms with Gasteiger partial charge in [-0.2, -0.15) is 5.06 Å². The molecule has 0 N–H and O–H groups in total. The first-order valence-corrected chi connectivity index (χ1v) is 10.5. The summed E-state index contributed by atoms with van der Waals surface area (Å²) in [7, 11) is 1.67. The zero-order valence-corrected chi connectivity index (χ0v) is 18.4. The largest absolute Gasteiger partial charge is 0.513 e. The Kier molecular flexibility index (Phi) is 7.15. The summed E-state index contributed by atoms with van der Waals surface area (Å²) in [5.41, 5.74) is 4.09. The third kappa shape index (κ3) is 4.84. The summed E-state index contributed by atoms with van der Waals surface area (Å²) in [6, 6.07) is 4.02. The Morgan fingerprint density at radius 1 is 1.17 bits per heavy atom. The molecular formula is C23H31NO6. The van der Waals surface area contributed by atoms with E-state index in [1.54, 1.807) is 14.0 Å². The van der Waals surface area contributed by atoms with Crippen molar-refractivity contribution in [3.63, 3.8) is 0 Å². The van der Waals surface area contributed by atoms with Gasteiger partial charge in [-0.1, -0.05) is 17.7 Å². The molecule has 30 heavy (non-hydrogen) atoms. The van der Waals surface area contributed by atoms with Gasteiger partial charge in [-0.15, -0.1) is 0 Å². The van der Waals surface area contributed by atoms with Gasteiger partial charge in [0.1, 0.15) is 5.57 Å². The fourth-order valence-corrected chi connectivity index (χ4v) is 4.44. The van der Waals surface area contributed by atoms with Crippen molar-refractivity contribution in [1.82, 2.24) is 5.06 Å². The van der Waals surface area contributed by atoms with Gasteiger partial charge in [0, 0.05) is 13.1 Å². The Morgan fingerprint density at radius 2 is 1.80 bits per heavy atom. The molecule has 7 nitrogen and oxygen atoms in total. The van der Waals surface area contributed by atoms with Crippen LogP contribution in [-0.4, -0.2) is 50.1 Å². The van der Waals surface area contributed by atoms with Crippen molar-refractivity contribution in [2.45, 2.75) is 53.1 Å². The molecule has 1 atom stereocenters. The molecule has 0 amide bonds. The molecule has 0 aromatic heterocycles. The van der Waals surface area contributed by atoms with Crippen LogP contribution in [0.2, 0.25) is 0 Å². The first-order valence-electron chi connectivity index (χ1n) is 10.5. The zero-order chi connectivity index (χ0) is 21.8. The highest BCUT2D eigenvalue weighted by molar-refractivity contribution is 6.20. The summed E-state index contributed by atoms with van der Waals surface area (Å²) in [5.74, 6) is 0.154. The molecule has 1 saturated heterocycles. The number of cyclic esters (lactones) is 1. The number of piperidine rings is 1. The number of hydroxylamine groups is 2. The molecule has 2 aliphatic heterocycles. The van der Waals surface area contributed by atoms with Crippen LogP contribution in [0.5, 0.6) is 0 Å². The van der Waals surface area contributed by atoms with Crippen LogP contribution in [0.15, 0.2) is 17.9 Å². The molecule has 1 unspecified atom stereocenters.